The van der Waals surface area contributed by atoms with Crippen LogP contribution in [0.4, 0.5) is 0 Å². The van der Waals surface area contributed by atoms with Crippen LogP contribution in [-0.4, -0.2) is 13.7 Å². The number of rotatable bonds is 6. The summed E-state index contributed by atoms with van der Waals surface area (Å²) in [6.45, 7) is 7.46. The van der Waals surface area contributed by atoms with Gasteiger partial charge in [0.05, 0.1) is 13.2 Å². The average molecular weight is 289 g/mol. The molecule has 0 fully saturated rings. The minimum absolute atomic E-state index is 0.205. The molecule has 0 aliphatic heterocycles. The summed E-state index contributed by atoms with van der Waals surface area (Å²) >= 11 is 1.74. The van der Waals surface area contributed by atoms with Crippen molar-refractivity contribution in [3.05, 3.63) is 51.2 Å². The van der Waals surface area contributed by atoms with Crippen LogP contribution >= 0.6 is 11.3 Å². The van der Waals surface area contributed by atoms with Gasteiger partial charge in [0.2, 0.25) is 0 Å². The number of aryl methyl sites for hydroxylation is 2. The molecule has 0 amide bonds. The van der Waals surface area contributed by atoms with E-state index < -0.39 is 0 Å². The van der Waals surface area contributed by atoms with E-state index in [1.54, 1.807) is 18.4 Å². The molecule has 3 heteroatoms. The molecule has 0 saturated heterocycles. The largest absolute Gasteiger partial charge is 0.496 e. The molecule has 0 bridgehead atoms. The summed E-state index contributed by atoms with van der Waals surface area (Å²) in [6.07, 6.45) is 1.12. The Hall–Kier alpha value is -1.32. The first kappa shape index (κ1) is 15.1. The number of ether oxygens (including phenoxy) is 1. The first-order valence-corrected chi connectivity index (χ1v) is 8.02. The fraction of sp³-hybridized carbons (Fsp3) is 0.412. The topological polar surface area (TPSA) is 21.3 Å². The van der Waals surface area contributed by atoms with E-state index in [1.165, 1.54) is 22.3 Å². The third-order valence-corrected chi connectivity index (χ3v) is 4.18. The highest BCUT2D eigenvalue weighted by Gasteiger charge is 2.20. The lowest BCUT2D eigenvalue weighted by Gasteiger charge is -2.23. The van der Waals surface area contributed by atoms with Crippen molar-refractivity contribution in [3.63, 3.8) is 0 Å². The molecule has 0 aliphatic rings. The van der Waals surface area contributed by atoms with E-state index in [9.17, 15) is 0 Å². The van der Waals surface area contributed by atoms with Crippen LogP contribution in [0, 0.1) is 13.8 Å². The summed E-state index contributed by atoms with van der Waals surface area (Å²) in [5.74, 6) is 0.974. The SMILES string of the molecule is CCCNC(c1ccsc1)c1c(C)cc(C)cc1OC. The molecule has 0 aliphatic carbocycles. The van der Waals surface area contributed by atoms with Crippen LogP contribution < -0.4 is 10.1 Å². The Morgan fingerprint density at radius 1 is 1.30 bits per heavy atom. The summed E-state index contributed by atoms with van der Waals surface area (Å²) in [6, 6.07) is 6.74. The Labute approximate surface area is 125 Å². The molecule has 2 rings (SSSR count). The predicted octanol–water partition coefficient (Wildman–Crippen LogP) is 4.46. The van der Waals surface area contributed by atoms with E-state index in [0.717, 1.165) is 18.7 Å². The Balaban J connectivity index is 2.48. The van der Waals surface area contributed by atoms with Crippen molar-refractivity contribution >= 4 is 11.3 Å². The number of thiophene rings is 1. The van der Waals surface area contributed by atoms with Crippen molar-refractivity contribution in [2.75, 3.05) is 13.7 Å². The second-order valence-electron chi connectivity index (χ2n) is 5.14. The molecule has 1 aromatic heterocycles. The van der Waals surface area contributed by atoms with Crippen LogP contribution in [0.5, 0.6) is 5.75 Å². The van der Waals surface area contributed by atoms with Gasteiger partial charge in [0, 0.05) is 5.56 Å². The minimum Gasteiger partial charge on any atom is -0.496 e. The molecule has 1 N–H and O–H groups in total. The molecule has 1 heterocycles. The van der Waals surface area contributed by atoms with Gasteiger partial charge in [0.25, 0.3) is 0 Å². The number of methoxy groups -OCH3 is 1. The van der Waals surface area contributed by atoms with Crippen LogP contribution in [0.25, 0.3) is 0 Å². The highest BCUT2D eigenvalue weighted by atomic mass is 32.1. The number of hydrogen-bond acceptors (Lipinski definition) is 3. The zero-order valence-corrected chi connectivity index (χ0v) is 13.5. The number of benzene rings is 1. The summed E-state index contributed by atoms with van der Waals surface area (Å²) < 4.78 is 5.63. The van der Waals surface area contributed by atoms with Crippen LogP contribution in [0.2, 0.25) is 0 Å². The highest BCUT2D eigenvalue weighted by Crippen LogP contribution is 2.34. The van der Waals surface area contributed by atoms with Gasteiger partial charge in [0.15, 0.2) is 0 Å². The third-order valence-electron chi connectivity index (χ3n) is 3.48. The van der Waals surface area contributed by atoms with Crippen molar-refractivity contribution in [1.29, 1.82) is 0 Å². The Morgan fingerprint density at radius 3 is 2.70 bits per heavy atom. The maximum absolute atomic E-state index is 5.63. The van der Waals surface area contributed by atoms with Gasteiger partial charge in [-0.25, -0.2) is 0 Å². The van der Waals surface area contributed by atoms with Crippen LogP contribution in [0.15, 0.2) is 29.0 Å². The molecular formula is C17H23NOS. The van der Waals surface area contributed by atoms with Gasteiger partial charge < -0.3 is 10.1 Å². The van der Waals surface area contributed by atoms with Gasteiger partial charge in [-0.3, -0.25) is 0 Å². The first-order valence-electron chi connectivity index (χ1n) is 7.08. The van der Waals surface area contributed by atoms with E-state index in [4.69, 9.17) is 4.74 Å². The van der Waals surface area contributed by atoms with E-state index in [2.05, 4.69) is 55.0 Å². The van der Waals surface area contributed by atoms with Crippen molar-refractivity contribution in [2.45, 2.75) is 33.2 Å². The smallest absolute Gasteiger partial charge is 0.124 e. The standard InChI is InChI=1S/C17H23NOS/c1-5-7-18-17(14-6-8-20-11-14)16-13(3)9-12(2)10-15(16)19-4/h6,8-11,17-18H,5,7H2,1-4H3. The lowest BCUT2D eigenvalue weighted by molar-refractivity contribution is 0.403. The second-order valence-corrected chi connectivity index (χ2v) is 5.92. The van der Waals surface area contributed by atoms with E-state index in [-0.39, 0.29) is 6.04 Å². The highest BCUT2D eigenvalue weighted by molar-refractivity contribution is 7.08. The molecule has 1 aromatic carbocycles. The molecule has 0 radical (unpaired) electrons. The van der Waals surface area contributed by atoms with Gasteiger partial charge in [-0.15, -0.1) is 0 Å². The summed E-state index contributed by atoms with van der Waals surface area (Å²) in [5.41, 5.74) is 5.09. The van der Waals surface area contributed by atoms with Crippen molar-refractivity contribution in [3.8, 4) is 5.75 Å². The molecule has 2 nitrogen and oxygen atoms in total. The van der Waals surface area contributed by atoms with Crippen LogP contribution in [0.3, 0.4) is 0 Å². The molecule has 20 heavy (non-hydrogen) atoms. The monoisotopic (exact) mass is 289 g/mol. The summed E-state index contributed by atoms with van der Waals surface area (Å²) in [5, 5.41) is 8.00. The maximum Gasteiger partial charge on any atom is 0.124 e. The second kappa shape index (κ2) is 6.91. The normalized spacial score (nSPS) is 12.4. The van der Waals surface area contributed by atoms with Gasteiger partial charge >= 0.3 is 0 Å². The van der Waals surface area contributed by atoms with Crippen LogP contribution in [-0.2, 0) is 0 Å². The molecule has 108 valence electrons. The number of hydrogen-bond donors (Lipinski definition) is 1. The van der Waals surface area contributed by atoms with Crippen molar-refractivity contribution < 1.29 is 4.74 Å². The van der Waals surface area contributed by atoms with Gasteiger partial charge in [0.1, 0.15) is 5.75 Å². The maximum atomic E-state index is 5.63. The third kappa shape index (κ3) is 3.22. The summed E-state index contributed by atoms with van der Waals surface area (Å²) in [4.78, 5) is 0. The Kier molecular flexibility index (Phi) is 5.21. The molecule has 1 unspecified atom stereocenters. The molecule has 0 spiro atoms. The first-order chi connectivity index (χ1) is 9.67. The molecule has 1 atom stereocenters. The van der Waals surface area contributed by atoms with Gasteiger partial charge in [-0.05, 0) is 66.4 Å². The lowest BCUT2D eigenvalue weighted by Crippen LogP contribution is -2.24. The van der Waals surface area contributed by atoms with Gasteiger partial charge in [-0.2, -0.15) is 11.3 Å². The van der Waals surface area contributed by atoms with Crippen molar-refractivity contribution in [1.82, 2.24) is 5.32 Å². The Bertz CT molecular complexity index is 548. The molecule has 2 aromatic rings. The zero-order valence-electron chi connectivity index (χ0n) is 12.7. The predicted molar refractivity (Wildman–Crippen MR) is 86.9 cm³/mol. The van der Waals surface area contributed by atoms with Gasteiger partial charge in [-0.1, -0.05) is 13.0 Å². The molecule has 0 saturated carbocycles. The zero-order chi connectivity index (χ0) is 14.5. The van der Waals surface area contributed by atoms with Crippen molar-refractivity contribution in [2.24, 2.45) is 0 Å². The minimum atomic E-state index is 0.205. The van der Waals surface area contributed by atoms with E-state index in [0.29, 0.717) is 0 Å². The summed E-state index contributed by atoms with van der Waals surface area (Å²) in [7, 11) is 1.75. The quantitative estimate of drug-likeness (QED) is 0.847. The lowest BCUT2D eigenvalue weighted by atomic mass is 9.94. The average Bonchev–Trinajstić information content (AvgIpc) is 2.94. The molecular weight excluding hydrogens is 266 g/mol. The van der Waals surface area contributed by atoms with E-state index >= 15 is 0 Å². The fourth-order valence-corrected chi connectivity index (χ4v) is 3.28. The van der Waals surface area contributed by atoms with E-state index in [1.807, 2.05) is 0 Å². The van der Waals surface area contributed by atoms with Crippen LogP contribution in [0.1, 0.15) is 41.6 Å². The fourth-order valence-electron chi connectivity index (χ4n) is 2.59. The number of nitrogens with one attached hydrogen (secondary N) is 1. The Morgan fingerprint density at radius 2 is 2.10 bits per heavy atom.